The van der Waals surface area contributed by atoms with Gasteiger partial charge >= 0.3 is 6.18 Å². The zero-order valence-corrected chi connectivity index (χ0v) is 14.0. The molecule has 24 heavy (non-hydrogen) atoms. The molecule has 3 rings (SSSR count). The lowest BCUT2D eigenvalue weighted by Gasteiger charge is -2.05. The van der Waals surface area contributed by atoms with Crippen LogP contribution in [0.1, 0.15) is 11.5 Å². The topological polar surface area (TPSA) is 52.8 Å². The second kappa shape index (κ2) is 6.81. The SMILES string of the molecule is Cn1c(COc2ccccc2)nnc1Sc1nc(C(F)(F)F)cs1. The predicted octanol–water partition coefficient (Wildman–Crippen LogP) is 4.02. The molecule has 0 N–H and O–H groups in total. The summed E-state index contributed by atoms with van der Waals surface area (Å²) in [7, 11) is 1.73. The predicted molar refractivity (Wildman–Crippen MR) is 83.0 cm³/mol. The van der Waals surface area contributed by atoms with Gasteiger partial charge in [0.15, 0.2) is 21.0 Å². The third-order valence-electron chi connectivity index (χ3n) is 2.99. The van der Waals surface area contributed by atoms with Crippen LogP contribution in [0.3, 0.4) is 0 Å². The number of thiazole rings is 1. The van der Waals surface area contributed by atoms with Crippen molar-refractivity contribution in [3.05, 3.63) is 47.2 Å². The van der Waals surface area contributed by atoms with Crippen LogP contribution in [0.15, 0.2) is 45.2 Å². The average Bonchev–Trinajstić information content (AvgIpc) is 3.15. The van der Waals surface area contributed by atoms with E-state index in [2.05, 4.69) is 15.2 Å². The second-order valence-corrected chi connectivity index (χ2v) is 6.73. The molecule has 0 unspecified atom stereocenters. The summed E-state index contributed by atoms with van der Waals surface area (Å²) >= 11 is 1.95. The molecular weight excluding hydrogens is 361 g/mol. The van der Waals surface area contributed by atoms with Crippen molar-refractivity contribution >= 4 is 23.1 Å². The monoisotopic (exact) mass is 372 g/mol. The van der Waals surface area contributed by atoms with Gasteiger partial charge in [-0.1, -0.05) is 18.2 Å². The summed E-state index contributed by atoms with van der Waals surface area (Å²) < 4.78 is 45.2. The van der Waals surface area contributed by atoms with E-state index < -0.39 is 11.9 Å². The number of ether oxygens (including phenoxy) is 1. The van der Waals surface area contributed by atoms with Crippen molar-refractivity contribution in [3.63, 3.8) is 0 Å². The van der Waals surface area contributed by atoms with Gasteiger partial charge in [-0.25, -0.2) is 4.98 Å². The molecule has 0 bridgehead atoms. The number of aromatic nitrogens is 4. The van der Waals surface area contributed by atoms with E-state index in [-0.39, 0.29) is 10.9 Å². The molecule has 0 fully saturated rings. The molecule has 0 atom stereocenters. The van der Waals surface area contributed by atoms with E-state index in [4.69, 9.17) is 4.74 Å². The highest BCUT2D eigenvalue weighted by molar-refractivity contribution is 8.00. The molecule has 1 aromatic carbocycles. The fourth-order valence-corrected chi connectivity index (χ4v) is 3.47. The standard InChI is InChI=1S/C14H11F3N4OS2/c1-21-11(7-22-9-5-3-2-4-6-9)19-20-12(21)24-13-18-10(8-23-13)14(15,16)17/h2-6,8H,7H2,1H3. The molecule has 0 aliphatic rings. The minimum atomic E-state index is -4.44. The molecule has 10 heteroatoms. The van der Waals surface area contributed by atoms with E-state index >= 15 is 0 Å². The van der Waals surface area contributed by atoms with Crippen LogP contribution in [0.2, 0.25) is 0 Å². The van der Waals surface area contributed by atoms with Crippen LogP contribution in [0.25, 0.3) is 0 Å². The van der Waals surface area contributed by atoms with Gasteiger partial charge in [-0.05, 0) is 23.9 Å². The number of hydrogen-bond donors (Lipinski definition) is 0. The summed E-state index contributed by atoms with van der Waals surface area (Å²) in [6, 6.07) is 9.23. The molecule has 0 saturated heterocycles. The lowest BCUT2D eigenvalue weighted by molar-refractivity contribution is -0.141. The molecule has 3 aromatic rings. The third-order valence-corrected chi connectivity index (χ3v) is 4.97. The van der Waals surface area contributed by atoms with Gasteiger partial charge in [-0.2, -0.15) is 13.2 Å². The number of nitrogens with zero attached hydrogens (tertiary/aromatic N) is 4. The van der Waals surface area contributed by atoms with Crippen LogP contribution in [-0.4, -0.2) is 19.7 Å². The minimum absolute atomic E-state index is 0.208. The van der Waals surface area contributed by atoms with Gasteiger partial charge < -0.3 is 9.30 Å². The van der Waals surface area contributed by atoms with Crippen molar-refractivity contribution in [2.24, 2.45) is 7.05 Å². The van der Waals surface area contributed by atoms with Crippen molar-refractivity contribution < 1.29 is 17.9 Å². The summed E-state index contributed by atoms with van der Waals surface area (Å²) in [5.41, 5.74) is -0.898. The minimum Gasteiger partial charge on any atom is -0.486 e. The number of halogens is 3. The second-order valence-electron chi connectivity index (χ2n) is 4.66. The van der Waals surface area contributed by atoms with Crippen LogP contribution >= 0.6 is 23.1 Å². The van der Waals surface area contributed by atoms with Gasteiger partial charge in [0.05, 0.1) is 0 Å². The Morgan fingerprint density at radius 2 is 1.96 bits per heavy atom. The van der Waals surface area contributed by atoms with Gasteiger partial charge in [0.2, 0.25) is 0 Å². The molecule has 2 heterocycles. The Morgan fingerprint density at radius 1 is 1.21 bits per heavy atom. The molecule has 0 amide bonds. The van der Waals surface area contributed by atoms with E-state index in [0.29, 0.717) is 16.7 Å². The highest BCUT2D eigenvalue weighted by Gasteiger charge is 2.34. The van der Waals surface area contributed by atoms with Crippen molar-refractivity contribution in [1.82, 2.24) is 19.7 Å². The molecule has 0 saturated carbocycles. The van der Waals surface area contributed by atoms with Crippen molar-refractivity contribution in [3.8, 4) is 5.75 Å². The lowest BCUT2D eigenvalue weighted by Crippen LogP contribution is -2.05. The third kappa shape index (κ3) is 3.88. The number of rotatable bonds is 5. The highest BCUT2D eigenvalue weighted by Crippen LogP contribution is 2.35. The Hall–Kier alpha value is -2.07. The number of benzene rings is 1. The molecule has 5 nitrogen and oxygen atoms in total. The molecule has 0 spiro atoms. The lowest BCUT2D eigenvalue weighted by atomic mass is 10.3. The largest absolute Gasteiger partial charge is 0.486 e. The van der Waals surface area contributed by atoms with Crippen molar-refractivity contribution in [2.45, 2.75) is 22.3 Å². The zero-order valence-electron chi connectivity index (χ0n) is 12.3. The molecule has 0 aliphatic heterocycles. The van der Waals surface area contributed by atoms with Gasteiger partial charge in [-0.3, -0.25) is 0 Å². The Bertz CT molecular complexity index is 817. The van der Waals surface area contributed by atoms with Crippen LogP contribution in [-0.2, 0) is 19.8 Å². The fraction of sp³-hybridized carbons (Fsp3) is 0.214. The molecular formula is C14H11F3N4OS2. The Balaban J connectivity index is 1.67. The van der Waals surface area contributed by atoms with Crippen LogP contribution in [0.5, 0.6) is 5.75 Å². The van der Waals surface area contributed by atoms with Gasteiger partial charge in [0, 0.05) is 12.4 Å². The maximum atomic E-state index is 12.6. The zero-order chi connectivity index (χ0) is 17.2. The molecule has 2 aromatic heterocycles. The normalized spacial score (nSPS) is 11.7. The average molecular weight is 372 g/mol. The van der Waals surface area contributed by atoms with E-state index in [1.807, 2.05) is 30.3 Å². The summed E-state index contributed by atoms with van der Waals surface area (Å²) in [6.45, 7) is 0.208. The molecule has 0 aliphatic carbocycles. The summed E-state index contributed by atoms with van der Waals surface area (Å²) in [6.07, 6.45) is -4.44. The van der Waals surface area contributed by atoms with Gasteiger partial charge in [0.1, 0.15) is 12.4 Å². The Labute approximate surface area is 143 Å². The molecule has 126 valence electrons. The van der Waals surface area contributed by atoms with E-state index in [1.165, 1.54) is 0 Å². The number of alkyl halides is 3. The van der Waals surface area contributed by atoms with Crippen LogP contribution in [0, 0.1) is 0 Å². The van der Waals surface area contributed by atoms with E-state index in [1.54, 1.807) is 11.6 Å². The first-order chi connectivity index (χ1) is 11.4. The first-order valence-corrected chi connectivity index (χ1v) is 8.40. The quantitative estimate of drug-likeness (QED) is 0.677. The number of para-hydroxylation sites is 1. The van der Waals surface area contributed by atoms with Crippen molar-refractivity contribution in [2.75, 3.05) is 0 Å². The Morgan fingerprint density at radius 3 is 2.62 bits per heavy atom. The Kier molecular flexibility index (Phi) is 4.76. The van der Waals surface area contributed by atoms with Crippen LogP contribution < -0.4 is 4.74 Å². The maximum absolute atomic E-state index is 12.6. The fourth-order valence-electron chi connectivity index (χ4n) is 1.74. The summed E-state index contributed by atoms with van der Waals surface area (Å²) in [5.74, 6) is 1.26. The smallest absolute Gasteiger partial charge is 0.434 e. The summed E-state index contributed by atoms with van der Waals surface area (Å²) in [5, 5.41) is 9.41. The van der Waals surface area contributed by atoms with E-state index in [0.717, 1.165) is 28.5 Å². The van der Waals surface area contributed by atoms with Crippen LogP contribution in [0.4, 0.5) is 13.2 Å². The first-order valence-electron chi connectivity index (χ1n) is 6.70. The van der Waals surface area contributed by atoms with Gasteiger partial charge in [-0.15, -0.1) is 21.5 Å². The summed E-state index contributed by atoms with van der Waals surface area (Å²) in [4.78, 5) is 3.56. The first kappa shape index (κ1) is 16.8. The van der Waals surface area contributed by atoms with Gasteiger partial charge in [0.25, 0.3) is 0 Å². The number of hydrogen-bond acceptors (Lipinski definition) is 6. The van der Waals surface area contributed by atoms with Crippen molar-refractivity contribution in [1.29, 1.82) is 0 Å². The highest BCUT2D eigenvalue weighted by atomic mass is 32.2. The molecule has 0 radical (unpaired) electrons. The van der Waals surface area contributed by atoms with E-state index in [9.17, 15) is 13.2 Å². The maximum Gasteiger partial charge on any atom is 0.434 e.